The van der Waals surface area contributed by atoms with Crippen molar-refractivity contribution >= 4 is 107 Å². The third-order valence-corrected chi connectivity index (χ3v) is 13.7. The average Bonchev–Trinajstić information content (AvgIpc) is 3.86. The number of rotatable bonds is 3. The number of hydrogen-bond donors (Lipinski definition) is 0. The first kappa shape index (κ1) is 31.9. The molecule has 0 aliphatic heterocycles. The molecule has 0 atom stereocenters. The summed E-state index contributed by atoms with van der Waals surface area (Å²) in [6.07, 6.45) is 0. The summed E-state index contributed by atoms with van der Waals surface area (Å²) in [7, 11) is 0. The fourth-order valence-corrected chi connectivity index (χ4v) is 11.2. The second kappa shape index (κ2) is 12.1. The molecule has 2 heterocycles. The molecule has 0 saturated heterocycles. The van der Waals surface area contributed by atoms with Gasteiger partial charge in [0, 0.05) is 36.3 Å². The maximum absolute atomic E-state index is 6.25. The first-order valence-electron chi connectivity index (χ1n) is 19.9. The molecule has 2 heteroatoms. The van der Waals surface area contributed by atoms with Crippen molar-refractivity contribution in [1.29, 1.82) is 0 Å². The van der Waals surface area contributed by atoms with Crippen LogP contribution in [-0.4, -0.2) is 0 Å². The smallest absolute Gasteiger partial charge is 0.136 e. The number of furan rings is 1. The standard InChI is InChI=1S/C56H32OS/c1-2-14-35-33(12-1)13-11-22-39(35)53-40-17-5-7-19-42(40)54(43-20-8-6-18-41(43)53)44-26-25-36(37-15-3-4-16-38(37)44)34-24-31-52-49(32-34)47-28-27-45-46(56(47)58-52)29-30-51-55(45)48-21-9-10-23-50(48)57-51/h1-32H. The van der Waals surface area contributed by atoms with Crippen molar-refractivity contribution < 1.29 is 4.42 Å². The Morgan fingerprint density at radius 3 is 1.59 bits per heavy atom. The zero-order chi connectivity index (χ0) is 37.9. The molecule has 58 heavy (non-hydrogen) atoms. The lowest BCUT2D eigenvalue weighted by Crippen LogP contribution is -1.93. The number of thiophene rings is 1. The minimum atomic E-state index is 0.934. The fraction of sp³-hybridized carbons (Fsp3) is 0. The molecule has 2 aromatic heterocycles. The molecule has 0 fully saturated rings. The van der Waals surface area contributed by atoms with Crippen LogP contribution in [0.4, 0.5) is 0 Å². The van der Waals surface area contributed by atoms with Crippen molar-refractivity contribution in [2.45, 2.75) is 0 Å². The van der Waals surface area contributed by atoms with E-state index in [-0.39, 0.29) is 0 Å². The highest BCUT2D eigenvalue weighted by atomic mass is 32.1. The molecule has 0 aliphatic carbocycles. The summed E-state index contributed by atoms with van der Waals surface area (Å²) in [4.78, 5) is 0. The van der Waals surface area contributed by atoms with E-state index < -0.39 is 0 Å². The topological polar surface area (TPSA) is 13.1 Å². The Bertz CT molecular complexity index is 3800. The number of benzene rings is 11. The molecule has 268 valence electrons. The minimum Gasteiger partial charge on any atom is -0.456 e. The molecule has 0 saturated carbocycles. The van der Waals surface area contributed by atoms with Gasteiger partial charge in [0.05, 0.1) is 0 Å². The van der Waals surface area contributed by atoms with Crippen LogP contribution in [0.2, 0.25) is 0 Å². The molecule has 0 radical (unpaired) electrons. The van der Waals surface area contributed by atoms with Crippen molar-refractivity contribution in [2.75, 3.05) is 0 Å². The second-order valence-electron chi connectivity index (χ2n) is 15.5. The Morgan fingerprint density at radius 2 is 0.845 bits per heavy atom. The van der Waals surface area contributed by atoms with E-state index in [1.807, 2.05) is 17.4 Å². The van der Waals surface area contributed by atoms with Gasteiger partial charge >= 0.3 is 0 Å². The van der Waals surface area contributed by atoms with Gasteiger partial charge in [0.25, 0.3) is 0 Å². The monoisotopic (exact) mass is 752 g/mol. The summed E-state index contributed by atoms with van der Waals surface area (Å²) in [5.74, 6) is 0. The maximum atomic E-state index is 6.25. The highest BCUT2D eigenvalue weighted by molar-refractivity contribution is 7.26. The second-order valence-corrected chi connectivity index (χ2v) is 16.5. The molecule has 13 aromatic rings. The molecule has 0 aliphatic rings. The third kappa shape index (κ3) is 4.46. The summed E-state index contributed by atoms with van der Waals surface area (Å²) in [6.45, 7) is 0. The van der Waals surface area contributed by atoms with Crippen LogP contribution in [0.3, 0.4) is 0 Å². The van der Waals surface area contributed by atoms with Gasteiger partial charge in [-0.3, -0.25) is 0 Å². The summed E-state index contributed by atoms with van der Waals surface area (Å²) >= 11 is 1.89. The van der Waals surface area contributed by atoms with Crippen molar-refractivity contribution in [3.63, 3.8) is 0 Å². The lowest BCUT2D eigenvalue weighted by Gasteiger charge is -2.20. The fourth-order valence-electron chi connectivity index (χ4n) is 9.95. The molecule has 1 nitrogen and oxygen atoms in total. The lowest BCUT2D eigenvalue weighted by molar-refractivity contribution is 0.669. The molecule has 11 aromatic carbocycles. The molecular formula is C56H32OS. The van der Waals surface area contributed by atoms with Gasteiger partial charge in [0.2, 0.25) is 0 Å². The lowest BCUT2D eigenvalue weighted by atomic mass is 9.83. The van der Waals surface area contributed by atoms with Gasteiger partial charge in [-0.15, -0.1) is 11.3 Å². The Balaban J connectivity index is 1.02. The van der Waals surface area contributed by atoms with Gasteiger partial charge in [-0.1, -0.05) is 164 Å². The van der Waals surface area contributed by atoms with Crippen LogP contribution in [0.15, 0.2) is 199 Å². The molecular weight excluding hydrogens is 721 g/mol. The number of hydrogen-bond acceptors (Lipinski definition) is 2. The van der Waals surface area contributed by atoms with E-state index >= 15 is 0 Å². The predicted octanol–water partition coefficient (Wildman–Crippen LogP) is 16.7. The van der Waals surface area contributed by atoms with E-state index in [1.54, 1.807) is 0 Å². The van der Waals surface area contributed by atoms with E-state index in [1.165, 1.54) is 118 Å². The zero-order valence-electron chi connectivity index (χ0n) is 31.3. The number of para-hydroxylation sites is 1. The van der Waals surface area contributed by atoms with Crippen LogP contribution in [0, 0.1) is 0 Å². The summed E-state index contributed by atoms with van der Waals surface area (Å²) in [5.41, 5.74) is 9.44. The normalized spacial score (nSPS) is 12.1. The first-order chi connectivity index (χ1) is 28.8. The largest absolute Gasteiger partial charge is 0.456 e. The van der Waals surface area contributed by atoms with Crippen LogP contribution in [0.1, 0.15) is 0 Å². The SMILES string of the molecule is c1ccc2c(-c3c4ccccc4c(-c4ccc(-c5ccc6sc7c(ccc8c7ccc7oc9ccccc9c78)c6c5)c5ccccc45)c4ccccc34)cccc2c1. The maximum Gasteiger partial charge on any atom is 0.136 e. The van der Waals surface area contributed by atoms with Gasteiger partial charge in [-0.05, 0) is 112 Å². The van der Waals surface area contributed by atoms with Gasteiger partial charge in [0.15, 0.2) is 0 Å². The summed E-state index contributed by atoms with van der Waals surface area (Å²) in [5, 5.41) is 17.6. The van der Waals surface area contributed by atoms with E-state index in [0.717, 1.165) is 11.2 Å². The molecule has 13 rings (SSSR count). The molecule has 0 spiro atoms. The molecule has 0 unspecified atom stereocenters. The van der Waals surface area contributed by atoms with Crippen molar-refractivity contribution in [3.8, 4) is 33.4 Å². The van der Waals surface area contributed by atoms with E-state index in [2.05, 4.69) is 188 Å². The summed E-state index contributed by atoms with van der Waals surface area (Å²) in [6, 6.07) is 71.5. The Kier molecular flexibility index (Phi) is 6.66. The Labute approximate surface area is 337 Å². The Hall–Kier alpha value is -7.26. The molecule has 0 N–H and O–H groups in total. The molecule has 0 bridgehead atoms. The average molecular weight is 753 g/mol. The summed E-state index contributed by atoms with van der Waals surface area (Å²) < 4.78 is 8.87. The van der Waals surface area contributed by atoms with Crippen LogP contribution in [0.25, 0.3) is 129 Å². The van der Waals surface area contributed by atoms with Crippen molar-refractivity contribution in [3.05, 3.63) is 194 Å². The van der Waals surface area contributed by atoms with Crippen LogP contribution in [0.5, 0.6) is 0 Å². The third-order valence-electron chi connectivity index (χ3n) is 12.5. The van der Waals surface area contributed by atoms with Crippen LogP contribution < -0.4 is 0 Å². The van der Waals surface area contributed by atoms with Crippen molar-refractivity contribution in [1.82, 2.24) is 0 Å². The highest BCUT2D eigenvalue weighted by Crippen LogP contribution is 2.49. The van der Waals surface area contributed by atoms with Gasteiger partial charge in [-0.25, -0.2) is 0 Å². The van der Waals surface area contributed by atoms with Gasteiger partial charge < -0.3 is 4.42 Å². The van der Waals surface area contributed by atoms with Crippen molar-refractivity contribution in [2.24, 2.45) is 0 Å². The predicted molar refractivity (Wildman–Crippen MR) is 250 cm³/mol. The van der Waals surface area contributed by atoms with Crippen LogP contribution >= 0.6 is 11.3 Å². The quantitative estimate of drug-likeness (QED) is 0.164. The van der Waals surface area contributed by atoms with E-state index in [9.17, 15) is 0 Å². The van der Waals surface area contributed by atoms with E-state index in [4.69, 9.17) is 4.42 Å². The first-order valence-corrected chi connectivity index (χ1v) is 20.7. The molecule has 0 amide bonds. The van der Waals surface area contributed by atoms with Gasteiger partial charge in [-0.2, -0.15) is 0 Å². The van der Waals surface area contributed by atoms with E-state index in [0.29, 0.717) is 0 Å². The highest BCUT2D eigenvalue weighted by Gasteiger charge is 2.21. The minimum absolute atomic E-state index is 0.934. The Morgan fingerprint density at radius 1 is 0.310 bits per heavy atom. The van der Waals surface area contributed by atoms with Crippen LogP contribution in [-0.2, 0) is 0 Å². The number of fused-ring (bicyclic) bond motifs is 13. The van der Waals surface area contributed by atoms with Gasteiger partial charge in [0.1, 0.15) is 11.2 Å². The zero-order valence-corrected chi connectivity index (χ0v) is 32.1.